The van der Waals surface area contributed by atoms with Crippen molar-refractivity contribution in [3.8, 4) is 0 Å². The Bertz CT molecular complexity index is 973. The number of nitrogens with zero attached hydrogens (tertiary/aromatic N) is 3. The highest BCUT2D eigenvalue weighted by Gasteiger charge is 2.25. The second-order valence-electron chi connectivity index (χ2n) is 7.73. The summed E-state index contributed by atoms with van der Waals surface area (Å²) >= 11 is 0. The normalized spacial score (nSPS) is 15.1. The Morgan fingerprint density at radius 3 is 2.07 bits per heavy atom. The van der Waals surface area contributed by atoms with Crippen molar-refractivity contribution in [1.29, 1.82) is 0 Å². The Labute approximate surface area is 177 Å². The number of aromatic nitrogens is 1. The standard InChI is InChI=1S/C25H27N3O2/c1-20(29)21-9-11-23(12-10-21)26-15-17-28(18-16-26)25(30)19-24(27-13-5-6-14-27)22-7-3-2-4-8-22/h2-14,24H,15-19H2,1H3/t24-/m0/s1. The molecular formula is C25H27N3O2. The highest BCUT2D eigenvalue weighted by atomic mass is 16.2. The average molecular weight is 402 g/mol. The van der Waals surface area contributed by atoms with Gasteiger partial charge in [-0.05, 0) is 48.9 Å². The van der Waals surface area contributed by atoms with Crippen LogP contribution < -0.4 is 4.90 Å². The van der Waals surface area contributed by atoms with Crippen molar-refractivity contribution < 1.29 is 9.59 Å². The van der Waals surface area contributed by atoms with E-state index >= 15 is 0 Å². The summed E-state index contributed by atoms with van der Waals surface area (Å²) in [5.74, 6) is 0.261. The van der Waals surface area contributed by atoms with Gasteiger partial charge < -0.3 is 14.4 Å². The van der Waals surface area contributed by atoms with Crippen molar-refractivity contribution in [2.24, 2.45) is 0 Å². The van der Waals surface area contributed by atoms with Gasteiger partial charge in [0, 0.05) is 49.8 Å². The molecular weight excluding hydrogens is 374 g/mol. The zero-order valence-electron chi connectivity index (χ0n) is 17.3. The summed E-state index contributed by atoms with van der Waals surface area (Å²) in [4.78, 5) is 28.8. The average Bonchev–Trinajstić information content (AvgIpc) is 3.33. The van der Waals surface area contributed by atoms with Crippen molar-refractivity contribution in [2.75, 3.05) is 31.1 Å². The molecule has 1 fully saturated rings. The van der Waals surface area contributed by atoms with E-state index < -0.39 is 0 Å². The number of piperazine rings is 1. The van der Waals surface area contributed by atoms with Crippen LogP contribution in [0.5, 0.6) is 0 Å². The van der Waals surface area contributed by atoms with E-state index in [0.29, 0.717) is 19.5 Å². The first-order valence-corrected chi connectivity index (χ1v) is 10.4. The lowest BCUT2D eigenvalue weighted by atomic mass is 10.0. The number of anilines is 1. The largest absolute Gasteiger partial charge is 0.368 e. The third kappa shape index (κ3) is 4.46. The number of hydrogen-bond donors (Lipinski definition) is 0. The maximum absolute atomic E-state index is 13.1. The zero-order valence-corrected chi connectivity index (χ0v) is 17.3. The molecule has 0 bridgehead atoms. The van der Waals surface area contributed by atoms with Crippen LogP contribution in [-0.2, 0) is 4.79 Å². The molecule has 0 N–H and O–H groups in total. The van der Waals surface area contributed by atoms with Gasteiger partial charge in [-0.3, -0.25) is 9.59 Å². The fourth-order valence-electron chi connectivity index (χ4n) is 4.04. The Hall–Kier alpha value is -3.34. The number of rotatable bonds is 6. The van der Waals surface area contributed by atoms with Gasteiger partial charge in [0.25, 0.3) is 0 Å². The first-order chi connectivity index (χ1) is 14.6. The lowest BCUT2D eigenvalue weighted by molar-refractivity contribution is -0.132. The molecule has 1 aliphatic rings. The van der Waals surface area contributed by atoms with E-state index in [-0.39, 0.29) is 17.7 Å². The molecule has 5 nitrogen and oxygen atoms in total. The van der Waals surface area contributed by atoms with Gasteiger partial charge in [-0.2, -0.15) is 0 Å². The Morgan fingerprint density at radius 1 is 0.833 bits per heavy atom. The lowest BCUT2D eigenvalue weighted by Gasteiger charge is -2.37. The number of amides is 1. The van der Waals surface area contributed by atoms with Gasteiger partial charge in [-0.25, -0.2) is 0 Å². The molecule has 0 saturated carbocycles. The van der Waals surface area contributed by atoms with Crippen molar-refractivity contribution >= 4 is 17.4 Å². The number of benzene rings is 2. The van der Waals surface area contributed by atoms with Gasteiger partial charge >= 0.3 is 0 Å². The number of carbonyl (C=O) groups excluding carboxylic acids is 2. The fraction of sp³-hybridized carbons (Fsp3) is 0.280. The molecule has 30 heavy (non-hydrogen) atoms. The summed E-state index contributed by atoms with van der Waals surface area (Å²) in [6.07, 6.45) is 4.49. The maximum Gasteiger partial charge on any atom is 0.225 e. The molecule has 0 spiro atoms. The minimum absolute atomic E-state index is 0.00542. The fourth-order valence-corrected chi connectivity index (χ4v) is 4.04. The molecule has 1 aliphatic heterocycles. The topological polar surface area (TPSA) is 45.6 Å². The van der Waals surface area contributed by atoms with E-state index in [0.717, 1.165) is 29.9 Å². The van der Waals surface area contributed by atoms with E-state index in [1.165, 1.54) is 0 Å². The van der Waals surface area contributed by atoms with Crippen LogP contribution in [0.1, 0.15) is 35.3 Å². The Kier molecular flexibility index (Phi) is 5.98. The van der Waals surface area contributed by atoms with Gasteiger partial charge in [0.15, 0.2) is 5.78 Å². The van der Waals surface area contributed by atoms with Crippen LogP contribution in [-0.4, -0.2) is 47.3 Å². The molecule has 4 rings (SSSR count). The second kappa shape index (κ2) is 8.99. The maximum atomic E-state index is 13.1. The zero-order chi connectivity index (χ0) is 20.9. The lowest BCUT2D eigenvalue weighted by Crippen LogP contribution is -2.49. The van der Waals surface area contributed by atoms with Crippen molar-refractivity contribution in [3.05, 3.63) is 90.3 Å². The van der Waals surface area contributed by atoms with Crippen molar-refractivity contribution in [2.45, 2.75) is 19.4 Å². The molecule has 154 valence electrons. The highest BCUT2D eigenvalue weighted by Crippen LogP contribution is 2.24. The predicted molar refractivity (Wildman–Crippen MR) is 119 cm³/mol. The van der Waals surface area contributed by atoms with Crippen LogP contribution in [0.2, 0.25) is 0 Å². The summed E-state index contributed by atoms with van der Waals surface area (Å²) in [6.45, 7) is 4.59. The van der Waals surface area contributed by atoms with Crippen LogP contribution in [0.15, 0.2) is 79.1 Å². The number of hydrogen-bond acceptors (Lipinski definition) is 3. The summed E-state index contributed by atoms with van der Waals surface area (Å²) < 4.78 is 2.11. The number of ketones is 1. The first kappa shape index (κ1) is 20.0. The smallest absolute Gasteiger partial charge is 0.225 e. The molecule has 2 aromatic carbocycles. The molecule has 0 radical (unpaired) electrons. The summed E-state index contributed by atoms with van der Waals surface area (Å²) in [5.41, 5.74) is 2.97. The minimum atomic E-state index is 0.00542. The monoisotopic (exact) mass is 401 g/mol. The van der Waals surface area contributed by atoms with Gasteiger partial charge in [0.1, 0.15) is 0 Å². The SMILES string of the molecule is CC(=O)c1ccc(N2CCN(C(=O)C[C@@H](c3ccccc3)n3cccc3)CC2)cc1. The van der Waals surface area contributed by atoms with E-state index in [9.17, 15) is 9.59 Å². The summed E-state index contributed by atoms with van der Waals surface area (Å²) in [7, 11) is 0. The molecule has 1 amide bonds. The number of carbonyl (C=O) groups is 2. The van der Waals surface area contributed by atoms with Crippen LogP contribution >= 0.6 is 0 Å². The third-order valence-electron chi connectivity index (χ3n) is 5.81. The second-order valence-corrected chi connectivity index (χ2v) is 7.73. The molecule has 1 aromatic heterocycles. The van der Waals surface area contributed by atoms with Crippen LogP contribution in [0, 0.1) is 0 Å². The first-order valence-electron chi connectivity index (χ1n) is 10.4. The minimum Gasteiger partial charge on any atom is -0.368 e. The summed E-state index contributed by atoms with van der Waals surface area (Å²) in [5, 5.41) is 0. The number of Topliss-reactive ketones (excluding diaryl/α,β-unsaturated/α-hetero) is 1. The van der Waals surface area contributed by atoms with Gasteiger partial charge in [0.05, 0.1) is 12.5 Å². The van der Waals surface area contributed by atoms with Crippen LogP contribution in [0.3, 0.4) is 0 Å². The van der Waals surface area contributed by atoms with Crippen LogP contribution in [0.25, 0.3) is 0 Å². The third-order valence-corrected chi connectivity index (χ3v) is 5.81. The van der Waals surface area contributed by atoms with Crippen molar-refractivity contribution in [1.82, 2.24) is 9.47 Å². The molecule has 3 aromatic rings. The molecule has 0 unspecified atom stereocenters. The summed E-state index contributed by atoms with van der Waals surface area (Å²) in [6, 6.07) is 21.9. The van der Waals surface area contributed by atoms with E-state index in [1.807, 2.05) is 71.9 Å². The Morgan fingerprint density at radius 2 is 1.47 bits per heavy atom. The van der Waals surface area contributed by atoms with E-state index in [1.54, 1.807) is 6.92 Å². The molecule has 0 aliphatic carbocycles. The molecule has 2 heterocycles. The van der Waals surface area contributed by atoms with Gasteiger partial charge in [-0.1, -0.05) is 30.3 Å². The molecule has 1 saturated heterocycles. The van der Waals surface area contributed by atoms with E-state index in [4.69, 9.17) is 0 Å². The van der Waals surface area contributed by atoms with Gasteiger partial charge in [-0.15, -0.1) is 0 Å². The Balaban J connectivity index is 1.39. The van der Waals surface area contributed by atoms with Gasteiger partial charge in [0.2, 0.25) is 5.91 Å². The van der Waals surface area contributed by atoms with Crippen LogP contribution in [0.4, 0.5) is 5.69 Å². The highest BCUT2D eigenvalue weighted by molar-refractivity contribution is 5.94. The van der Waals surface area contributed by atoms with Crippen molar-refractivity contribution in [3.63, 3.8) is 0 Å². The quantitative estimate of drug-likeness (QED) is 0.586. The molecule has 1 atom stereocenters. The molecule has 5 heteroatoms. The predicted octanol–water partition coefficient (Wildman–Crippen LogP) is 4.02. The van der Waals surface area contributed by atoms with E-state index in [2.05, 4.69) is 21.6 Å².